The monoisotopic (exact) mass is 455 g/mol. The normalized spacial score (nSPS) is 15.1. The molecule has 8 heteroatoms. The fourth-order valence-electron chi connectivity index (χ4n) is 4.55. The van der Waals surface area contributed by atoms with Gasteiger partial charge in [-0.2, -0.15) is 4.98 Å². The van der Waals surface area contributed by atoms with Crippen LogP contribution in [0.15, 0.2) is 44.5 Å². The van der Waals surface area contributed by atoms with E-state index in [-0.39, 0.29) is 17.8 Å². The number of imidazole rings is 2. The predicted octanol–water partition coefficient (Wildman–Crippen LogP) is 3.38. The first-order valence-electron chi connectivity index (χ1n) is 9.89. The van der Waals surface area contributed by atoms with E-state index in [4.69, 9.17) is 4.98 Å². The Labute approximate surface area is 175 Å². The van der Waals surface area contributed by atoms with Gasteiger partial charge in [-0.25, -0.2) is 4.79 Å². The van der Waals surface area contributed by atoms with Crippen LogP contribution in [0.5, 0.6) is 0 Å². The third-order valence-electron chi connectivity index (χ3n) is 6.01. The summed E-state index contributed by atoms with van der Waals surface area (Å²) in [5, 5.41) is 0. The number of aromatic nitrogens is 5. The number of fused-ring (bicyclic) bond motifs is 3. The number of aryl methyl sites for hydroxylation is 2. The van der Waals surface area contributed by atoms with Crippen molar-refractivity contribution < 1.29 is 0 Å². The lowest BCUT2D eigenvalue weighted by atomic mass is 10.2. The van der Waals surface area contributed by atoms with Crippen molar-refractivity contribution in [3.63, 3.8) is 0 Å². The third kappa shape index (κ3) is 2.80. The Hall–Kier alpha value is -2.61. The summed E-state index contributed by atoms with van der Waals surface area (Å²) >= 11 is 3.41. The zero-order valence-corrected chi connectivity index (χ0v) is 18.0. The summed E-state index contributed by atoms with van der Waals surface area (Å²) in [6, 6.07) is 8.04. The minimum atomic E-state index is -0.352. The van der Waals surface area contributed by atoms with Crippen LogP contribution in [0, 0.1) is 6.92 Å². The topological polar surface area (TPSA) is 66.2 Å². The summed E-state index contributed by atoms with van der Waals surface area (Å²) in [5.41, 5.74) is 2.23. The van der Waals surface area contributed by atoms with Crippen molar-refractivity contribution in [1.29, 1.82) is 0 Å². The highest BCUT2D eigenvalue weighted by atomic mass is 79.9. The Morgan fingerprint density at radius 1 is 1.14 bits per heavy atom. The van der Waals surface area contributed by atoms with E-state index in [1.54, 1.807) is 7.05 Å². The second-order valence-corrected chi connectivity index (χ2v) is 8.81. The minimum absolute atomic E-state index is 0.226. The molecule has 0 unspecified atom stereocenters. The summed E-state index contributed by atoms with van der Waals surface area (Å²) in [5.74, 6) is 0.748. The average molecular weight is 456 g/mol. The van der Waals surface area contributed by atoms with Gasteiger partial charge < -0.3 is 4.57 Å². The van der Waals surface area contributed by atoms with Crippen LogP contribution in [0.2, 0.25) is 0 Å². The van der Waals surface area contributed by atoms with Gasteiger partial charge in [0.2, 0.25) is 5.78 Å². The van der Waals surface area contributed by atoms with Crippen LogP contribution in [-0.2, 0) is 13.6 Å². The van der Waals surface area contributed by atoms with E-state index in [9.17, 15) is 9.59 Å². The van der Waals surface area contributed by atoms with E-state index in [1.165, 1.54) is 22.0 Å². The molecule has 0 N–H and O–H groups in total. The van der Waals surface area contributed by atoms with E-state index in [0.717, 1.165) is 34.3 Å². The van der Waals surface area contributed by atoms with Gasteiger partial charge in [0, 0.05) is 29.5 Å². The number of rotatable bonds is 3. The highest BCUT2D eigenvalue weighted by Gasteiger charge is 2.25. The molecule has 150 valence electrons. The largest absolute Gasteiger partial charge is 0.332 e. The van der Waals surface area contributed by atoms with Gasteiger partial charge >= 0.3 is 5.69 Å². The highest BCUT2D eigenvalue weighted by molar-refractivity contribution is 9.10. The summed E-state index contributed by atoms with van der Waals surface area (Å²) in [6.07, 6.45) is 6.65. The second-order valence-electron chi connectivity index (χ2n) is 7.89. The molecule has 4 aromatic rings. The molecule has 1 aromatic carbocycles. The van der Waals surface area contributed by atoms with Gasteiger partial charge in [-0.3, -0.25) is 18.3 Å². The molecular weight excluding hydrogens is 434 g/mol. The Morgan fingerprint density at radius 2 is 1.83 bits per heavy atom. The van der Waals surface area contributed by atoms with Gasteiger partial charge in [-0.15, -0.1) is 0 Å². The molecule has 5 rings (SSSR count). The third-order valence-corrected chi connectivity index (χ3v) is 6.54. The molecule has 0 bridgehead atoms. The molecule has 0 aliphatic heterocycles. The van der Waals surface area contributed by atoms with Crippen molar-refractivity contribution in [2.75, 3.05) is 0 Å². The van der Waals surface area contributed by atoms with Crippen molar-refractivity contribution in [3.05, 3.63) is 67.0 Å². The van der Waals surface area contributed by atoms with E-state index >= 15 is 0 Å². The fourth-order valence-corrected chi connectivity index (χ4v) is 4.82. The van der Waals surface area contributed by atoms with Crippen molar-refractivity contribution >= 4 is 32.9 Å². The molecule has 1 aliphatic rings. The van der Waals surface area contributed by atoms with Crippen molar-refractivity contribution in [1.82, 2.24) is 23.1 Å². The SMILES string of the molecule is Cc1cn2c3c(=O)n(Cc4ccc(Br)cc4)c(=O)n(C)c3nc2n1C1CCCC1. The smallest absolute Gasteiger partial charge is 0.311 e. The second kappa shape index (κ2) is 6.73. The van der Waals surface area contributed by atoms with Gasteiger partial charge in [-0.1, -0.05) is 40.9 Å². The molecule has 1 saturated carbocycles. The molecular formula is C21H22BrN5O2. The lowest BCUT2D eigenvalue weighted by Crippen LogP contribution is -2.39. The van der Waals surface area contributed by atoms with Crippen molar-refractivity contribution in [2.45, 2.75) is 45.2 Å². The molecule has 0 saturated heterocycles. The summed E-state index contributed by atoms with van der Waals surface area (Å²) in [7, 11) is 1.68. The van der Waals surface area contributed by atoms with Crippen molar-refractivity contribution in [3.8, 4) is 0 Å². The maximum Gasteiger partial charge on any atom is 0.332 e. The zero-order chi connectivity index (χ0) is 20.3. The van der Waals surface area contributed by atoms with E-state index in [2.05, 4.69) is 27.4 Å². The average Bonchev–Trinajstić information content (AvgIpc) is 3.40. The van der Waals surface area contributed by atoms with Crippen LogP contribution in [-0.4, -0.2) is 23.1 Å². The molecule has 3 heterocycles. The molecule has 0 spiro atoms. The summed E-state index contributed by atoms with van der Waals surface area (Å²) in [6.45, 7) is 2.28. The number of nitrogens with zero attached hydrogens (tertiary/aromatic N) is 5. The molecule has 29 heavy (non-hydrogen) atoms. The predicted molar refractivity (Wildman–Crippen MR) is 116 cm³/mol. The Bertz CT molecular complexity index is 1350. The Morgan fingerprint density at radius 3 is 2.52 bits per heavy atom. The van der Waals surface area contributed by atoms with Gasteiger partial charge in [-0.05, 0) is 37.5 Å². The number of hydrogen-bond acceptors (Lipinski definition) is 3. The molecule has 7 nitrogen and oxygen atoms in total. The Balaban J connectivity index is 1.75. The summed E-state index contributed by atoms with van der Waals surface area (Å²) in [4.78, 5) is 31.0. The van der Waals surface area contributed by atoms with Crippen LogP contribution in [0.4, 0.5) is 0 Å². The van der Waals surface area contributed by atoms with Crippen LogP contribution in [0.3, 0.4) is 0 Å². The quantitative estimate of drug-likeness (QED) is 0.475. The molecule has 1 aliphatic carbocycles. The molecule has 0 atom stereocenters. The summed E-state index contributed by atoms with van der Waals surface area (Å²) < 4.78 is 7.83. The lowest BCUT2D eigenvalue weighted by molar-refractivity contribution is 0.520. The van der Waals surface area contributed by atoms with Crippen molar-refractivity contribution in [2.24, 2.45) is 7.05 Å². The van der Waals surface area contributed by atoms with Crippen LogP contribution in [0.1, 0.15) is 43.0 Å². The fraction of sp³-hybridized carbons (Fsp3) is 0.381. The van der Waals surface area contributed by atoms with Gasteiger partial charge in [0.1, 0.15) is 0 Å². The minimum Gasteiger partial charge on any atom is -0.311 e. The molecule has 3 aromatic heterocycles. The first-order chi connectivity index (χ1) is 14.0. The van der Waals surface area contributed by atoms with E-state index in [1.807, 2.05) is 34.9 Å². The van der Waals surface area contributed by atoms with Crippen LogP contribution < -0.4 is 11.2 Å². The number of halogens is 1. The number of hydrogen-bond donors (Lipinski definition) is 0. The first-order valence-corrected chi connectivity index (χ1v) is 10.7. The maximum atomic E-state index is 13.4. The molecule has 1 fully saturated rings. The van der Waals surface area contributed by atoms with Gasteiger partial charge in [0.05, 0.1) is 6.54 Å². The van der Waals surface area contributed by atoms with Gasteiger partial charge in [0.25, 0.3) is 5.56 Å². The van der Waals surface area contributed by atoms with Crippen LogP contribution >= 0.6 is 15.9 Å². The molecule has 0 amide bonds. The first kappa shape index (κ1) is 18.4. The standard InChI is InChI=1S/C21H22BrN5O2/c1-13-11-25-17-18(23-20(25)27(13)16-5-3-4-6-16)24(2)21(29)26(19(17)28)12-14-7-9-15(22)10-8-14/h7-11,16H,3-6,12H2,1-2H3. The lowest BCUT2D eigenvalue weighted by Gasteiger charge is -2.13. The Kier molecular flexibility index (Phi) is 4.27. The van der Waals surface area contributed by atoms with Crippen LogP contribution in [0.25, 0.3) is 16.9 Å². The molecule has 0 radical (unpaired) electrons. The number of benzene rings is 1. The van der Waals surface area contributed by atoms with E-state index in [0.29, 0.717) is 17.2 Å². The van der Waals surface area contributed by atoms with E-state index < -0.39 is 0 Å². The maximum absolute atomic E-state index is 13.4. The van der Waals surface area contributed by atoms with Gasteiger partial charge in [0.15, 0.2) is 11.2 Å². The zero-order valence-electron chi connectivity index (χ0n) is 16.4. The highest BCUT2D eigenvalue weighted by Crippen LogP contribution is 2.33.